The van der Waals surface area contributed by atoms with Gasteiger partial charge >= 0.3 is 0 Å². The minimum absolute atomic E-state index is 0. The zero-order chi connectivity index (χ0) is 13.7. The van der Waals surface area contributed by atoms with Crippen molar-refractivity contribution in [3.8, 4) is 5.75 Å². The fourth-order valence-corrected chi connectivity index (χ4v) is 2.53. The molecule has 3 nitrogen and oxygen atoms in total. The lowest BCUT2D eigenvalue weighted by molar-refractivity contribution is 0.171. The van der Waals surface area contributed by atoms with Crippen molar-refractivity contribution < 1.29 is 9.13 Å². The highest BCUT2D eigenvalue weighted by molar-refractivity contribution is 5.85. The summed E-state index contributed by atoms with van der Waals surface area (Å²) in [5, 5.41) is 3.31. The molecule has 21 heavy (non-hydrogen) atoms. The Labute approximate surface area is 138 Å². The van der Waals surface area contributed by atoms with Gasteiger partial charge in [-0.1, -0.05) is 6.08 Å². The van der Waals surface area contributed by atoms with Crippen molar-refractivity contribution in [1.29, 1.82) is 0 Å². The number of piperazine rings is 1. The average Bonchev–Trinajstić information content (AvgIpc) is 2.47. The maximum atomic E-state index is 14.1. The highest BCUT2D eigenvalue weighted by atomic mass is 35.5. The summed E-state index contributed by atoms with van der Waals surface area (Å²) in [6.07, 6.45) is 2.59. The van der Waals surface area contributed by atoms with Crippen LogP contribution in [0.2, 0.25) is 0 Å². The Morgan fingerprint density at radius 2 is 2.05 bits per heavy atom. The van der Waals surface area contributed by atoms with Gasteiger partial charge in [-0.05, 0) is 24.6 Å². The maximum Gasteiger partial charge on any atom is 0.128 e. The van der Waals surface area contributed by atoms with Crippen LogP contribution in [0, 0.1) is 5.82 Å². The molecule has 1 N–H and O–H groups in total. The standard InChI is InChI=1S/C15H21FN2O.2ClH/c1-3-4-15(18-9-7-17-8-10-18)13-11-12(19-2)5-6-14(13)16;;/h3,5-6,11,15,17H,1,4,7-10H2,2H3;2*1H/t15-;;/m0../s1. The van der Waals surface area contributed by atoms with E-state index in [2.05, 4.69) is 16.8 Å². The number of hydrogen-bond donors (Lipinski definition) is 1. The zero-order valence-corrected chi connectivity index (χ0v) is 13.8. The Kier molecular flexibility index (Phi) is 9.62. The summed E-state index contributed by atoms with van der Waals surface area (Å²) in [5.41, 5.74) is 0.696. The lowest BCUT2D eigenvalue weighted by Crippen LogP contribution is -2.45. The number of rotatable bonds is 5. The average molecular weight is 337 g/mol. The van der Waals surface area contributed by atoms with Gasteiger partial charge in [-0.15, -0.1) is 31.4 Å². The van der Waals surface area contributed by atoms with Crippen LogP contribution in [0.15, 0.2) is 30.9 Å². The van der Waals surface area contributed by atoms with E-state index in [0.29, 0.717) is 11.3 Å². The highest BCUT2D eigenvalue weighted by Gasteiger charge is 2.23. The van der Waals surface area contributed by atoms with Crippen molar-refractivity contribution >= 4 is 24.8 Å². The highest BCUT2D eigenvalue weighted by Crippen LogP contribution is 2.30. The van der Waals surface area contributed by atoms with Crippen LogP contribution in [0.5, 0.6) is 5.75 Å². The monoisotopic (exact) mass is 336 g/mol. The Morgan fingerprint density at radius 3 is 2.62 bits per heavy atom. The molecule has 1 aliphatic rings. The van der Waals surface area contributed by atoms with Crippen LogP contribution in [-0.2, 0) is 0 Å². The van der Waals surface area contributed by atoms with Gasteiger partial charge in [0.25, 0.3) is 0 Å². The first kappa shape index (κ1) is 20.2. The number of nitrogens with zero attached hydrogens (tertiary/aromatic N) is 1. The SMILES string of the molecule is C=CC[C@@H](c1cc(OC)ccc1F)N1CCNCC1.Cl.Cl. The molecule has 1 atom stereocenters. The third kappa shape index (κ3) is 5.15. The van der Waals surface area contributed by atoms with E-state index >= 15 is 0 Å². The lowest BCUT2D eigenvalue weighted by Gasteiger charge is -2.35. The second kappa shape index (κ2) is 10.0. The van der Waals surface area contributed by atoms with Crippen molar-refractivity contribution in [2.75, 3.05) is 33.3 Å². The topological polar surface area (TPSA) is 24.5 Å². The van der Waals surface area contributed by atoms with Crippen LogP contribution in [0.1, 0.15) is 18.0 Å². The van der Waals surface area contributed by atoms with Crippen LogP contribution in [0.3, 0.4) is 0 Å². The number of ether oxygens (including phenoxy) is 1. The van der Waals surface area contributed by atoms with Gasteiger partial charge in [0, 0.05) is 37.8 Å². The number of hydrogen-bond acceptors (Lipinski definition) is 3. The molecule has 1 heterocycles. The molecule has 2 rings (SSSR count). The van der Waals surface area contributed by atoms with Crippen LogP contribution in [-0.4, -0.2) is 38.2 Å². The largest absolute Gasteiger partial charge is 0.497 e. The summed E-state index contributed by atoms with van der Waals surface area (Å²) >= 11 is 0. The molecule has 0 amide bonds. The molecular weight excluding hydrogens is 314 g/mol. The summed E-state index contributed by atoms with van der Waals surface area (Å²) in [5.74, 6) is 0.520. The van der Waals surface area contributed by atoms with E-state index in [-0.39, 0.29) is 36.7 Å². The first-order valence-corrected chi connectivity index (χ1v) is 6.65. The zero-order valence-electron chi connectivity index (χ0n) is 12.2. The number of methoxy groups -OCH3 is 1. The molecule has 0 aliphatic carbocycles. The Balaban J connectivity index is 0.00000200. The molecule has 1 aliphatic heterocycles. The molecule has 1 saturated heterocycles. The molecule has 0 saturated carbocycles. The second-order valence-corrected chi connectivity index (χ2v) is 4.71. The normalized spacial score (nSPS) is 16.3. The molecule has 0 aromatic heterocycles. The summed E-state index contributed by atoms with van der Waals surface area (Å²) in [6, 6.07) is 4.97. The Morgan fingerprint density at radius 1 is 1.38 bits per heavy atom. The fraction of sp³-hybridized carbons (Fsp3) is 0.467. The van der Waals surface area contributed by atoms with E-state index in [1.807, 2.05) is 6.08 Å². The van der Waals surface area contributed by atoms with E-state index in [9.17, 15) is 4.39 Å². The predicted octanol–water partition coefficient (Wildman–Crippen LogP) is 3.20. The predicted molar refractivity (Wildman–Crippen MR) is 89.4 cm³/mol. The smallest absolute Gasteiger partial charge is 0.128 e. The van der Waals surface area contributed by atoms with Crippen LogP contribution in [0.25, 0.3) is 0 Å². The minimum Gasteiger partial charge on any atom is -0.497 e. The molecule has 0 spiro atoms. The number of nitrogens with one attached hydrogen (secondary N) is 1. The van der Waals surface area contributed by atoms with Gasteiger partial charge in [0.1, 0.15) is 11.6 Å². The first-order chi connectivity index (χ1) is 9.26. The van der Waals surface area contributed by atoms with Gasteiger partial charge in [-0.3, -0.25) is 4.90 Å². The number of halogens is 3. The molecule has 6 heteroatoms. The minimum atomic E-state index is -0.175. The van der Waals surface area contributed by atoms with Crippen LogP contribution >= 0.6 is 24.8 Å². The fourth-order valence-electron chi connectivity index (χ4n) is 2.53. The van der Waals surface area contributed by atoms with Crippen molar-refractivity contribution in [1.82, 2.24) is 10.2 Å². The lowest BCUT2D eigenvalue weighted by atomic mass is 10.00. The van der Waals surface area contributed by atoms with E-state index in [4.69, 9.17) is 4.74 Å². The second-order valence-electron chi connectivity index (χ2n) is 4.71. The molecule has 0 bridgehead atoms. The number of benzene rings is 1. The summed E-state index contributed by atoms with van der Waals surface area (Å²) in [4.78, 5) is 2.30. The summed E-state index contributed by atoms with van der Waals surface area (Å²) < 4.78 is 19.3. The molecule has 0 radical (unpaired) electrons. The van der Waals surface area contributed by atoms with Gasteiger partial charge in [0.15, 0.2) is 0 Å². The van der Waals surface area contributed by atoms with Gasteiger partial charge in [0.2, 0.25) is 0 Å². The van der Waals surface area contributed by atoms with E-state index in [1.54, 1.807) is 19.2 Å². The molecule has 1 aromatic rings. The van der Waals surface area contributed by atoms with E-state index in [0.717, 1.165) is 32.6 Å². The van der Waals surface area contributed by atoms with Gasteiger partial charge < -0.3 is 10.1 Å². The molecule has 1 fully saturated rings. The third-order valence-corrected chi connectivity index (χ3v) is 3.54. The first-order valence-electron chi connectivity index (χ1n) is 6.65. The van der Waals surface area contributed by atoms with Gasteiger partial charge in [-0.2, -0.15) is 0 Å². The Bertz CT molecular complexity index is 440. The van der Waals surface area contributed by atoms with Crippen molar-refractivity contribution in [2.24, 2.45) is 0 Å². The quantitative estimate of drug-likeness (QED) is 0.835. The van der Waals surface area contributed by atoms with E-state index in [1.165, 1.54) is 6.07 Å². The van der Waals surface area contributed by atoms with Gasteiger partial charge in [-0.25, -0.2) is 4.39 Å². The van der Waals surface area contributed by atoms with Crippen molar-refractivity contribution in [3.05, 3.63) is 42.2 Å². The summed E-state index contributed by atoms with van der Waals surface area (Å²) in [6.45, 7) is 7.54. The van der Waals surface area contributed by atoms with Gasteiger partial charge in [0.05, 0.1) is 7.11 Å². The van der Waals surface area contributed by atoms with Crippen molar-refractivity contribution in [3.63, 3.8) is 0 Å². The molecule has 0 unspecified atom stereocenters. The van der Waals surface area contributed by atoms with Crippen LogP contribution < -0.4 is 10.1 Å². The van der Waals surface area contributed by atoms with E-state index < -0.39 is 0 Å². The van der Waals surface area contributed by atoms with Crippen molar-refractivity contribution in [2.45, 2.75) is 12.5 Å². The summed E-state index contributed by atoms with van der Waals surface area (Å²) in [7, 11) is 1.60. The van der Waals surface area contributed by atoms with Crippen LogP contribution in [0.4, 0.5) is 4.39 Å². The molecule has 1 aromatic carbocycles. The molecule has 120 valence electrons. The third-order valence-electron chi connectivity index (χ3n) is 3.54. The Hall–Kier alpha value is -0.810. The maximum absolute atomic E-state index is 14.1. The molecular formula is C15H23Cl2FN2O.